The number of benzene rings is 1. The number of halogens is 4. The van der Waals surface area contributed by atoms with Crippen molar-refractivity contribution in [1.82, 2.24) is 20.3 Å². The molecule has 1 aromatic carbocycles. The summed E-state index contributed by atoms with van der Waals surface area (Å²) in [7, 11) is 0.0776. The van der Waals surface area contributed by atoms with Crippen molar-refractivity contribution in [1.29, 1.82) is 0 Å². The van der Waals surface area contributed by atoms with E-state index in [1.807, 2.05) is 0 Å². The summed E-state index contributed by atoms with van der Waals surface area (Å²) in [6.45, 7) is 1.69. The molecule has 0 radical (unpaired) electrons. The normalized spacial score (nSPS) is 12.5. The summed E-state index contributed by atoms with van der Waals surface area (Å²) in [5.41, 5.74) is -0.0338. The first-order chi connectivity index (χ1) is 18.4. The van der Waals surface area contributed by atoms with Gasteiger partial charge in [0.15, 0.2) is 5.69 Å². The molecule has 0 spiro atoms. The SMILES string of the molecule is CNC(=O)c1nc(Br)ccc1Nc1nc(CC(C)Nc2ccc(CO[P+](=O)O)cc2OC)ncc1C(F)(F)F. The fourth-order valence-electron chi connectivity index (χ4n) is 3.44. The standard InChI is InChI=1S/C23H23BrF3N6O5P/c1-12(30-15-5-4-13(9-17(15)37-3)11-38-39(35)36)8-19-29-10-14(23(25,26)27)21(33-19)31-16-6-7-18(24)32-20(16)22(34)28-2/h4-7,9-10,12,30H,8,11H2,1-3H3,(H2-,28,29,31,33,34,35,36)/p+1. The Kier molecular flexibility index (Phi) is 10.1. The second kappa shape index (κ2) is 13.1. The van der Waals surface area contributed by atoms with Crippen LogP contribution in [0.2, 0.25) is 0 Å². The number of nitrogens with one attached hydrogen (secondary N) is 3. The number of hydrogen-bond acceptors (Lipinski definition) is 9. The Labute approximate surface area is 230 Å². The molecule has 0 saturated heterocycles. The zero-order valence-corrected chi connectivity index (χ0v) is 23.3. The third-order valence-corrected chi connectivity index (χ3v) is 5.99. The number of alkyl halides is 3. The highest BCUT2D eigenvalue weighted by molar-refractivity contribution is 9.10. The highest BCUT2D eigenvalue weighted by Crippen LogP contribution is 2.35. The number of carbonyl (C=O) groups excluding carboxylic acids is 1. The first-order valence-electron chi connectivity index (χ1n) is 11.2. The Bertz CT molecular complexity index is 1360. The van der Waals surface area contributed by atoms with Crippen LogP contribution < -0.4 is 20.7 Å². The van der Waals surface area contributed by atoms with Gasteiger partial charge in [-0.25, -0.2) is 15.0 Å². The van der Waals surface area contributed by atoms with E-state index < -0.39 is 31.7 Å². The fraction of sp³-hybridized carbons (Fsp3) is 0.304. The summed E-state index contributed by atoms with van der Waals surface area (Å²) < 4.78 is 62.4. The maximum absolute atomic E-state index is 13.7. The van der Waals surface area contributed by atoms with Crippen molar-refractivity contribution >= 4 is 47.3 Å². The Morgan fingerprint density at radius 3 is 2.56 bits per heavy atom. The van der Waals surface area contributed by atoms with Gasteiger partial charge in [0.05, 0.1) is 18.5 Å². The number of aromatic nitrogens is 3. The van der Waals surface area contributed by atoms with Gasteiger partial charge in [0.1, 0.15) is 34.2 Å². The Balaban J connectivity index is 1.85. The monoisotopic (exact) mass is 631 g/mol. The van der Waals surface area contributed by atoms with E-state index >= 15 is 0 Å². The second-order valence-corrected chi connectivity index (χ2v) is 9.62. The van der Waals surface area contributed by atoms with E-state index in [2.05, 4.69) is 46.8 Å². The van der Waals surface area contributed by atoms with Crippen LogP contribution in [0, 0.1) is 0 Å². The van der Waals surface area contributed by atoms with Crippen molar-refractivity contribution in [3.63, 3.8) is 0 Å². The van der Waals surface area contributed by atoms with E-state index in [0.29, 0.717) is 27.8 Å². The average Bonchev–Trinajstić information content (AvgIpc) is 2.87. The molecule has 11 nitrogen and oxygen atoms in total. The van der Waals surface area contributed by atoms with Crippen molar-refractivity contribution in [2.75, 3.05) is 24.8 Å². The third kappa shape index (κ3) is 8.30. The molecule has 2 aromatic heterocycles. The second-order valence-electron chi connectivity index (χ2n) is 8.08. The quantitative estimate of drug-likeness (QED) is 0.169. The van der Waals surface area contributed by atoms with Crippen molar-refractivity contribution in [2.24, 2.45) is 0 Å². The van der Waals surface area contributed by atoms with Crippen LogP contribution in [0.15, 0.2) is 41.1 Å². The Morgan fingerprint density at radius 1 is 1.21 bits per heavy atom. The van der Waals surface area contributed by atoms with E-state index in [0.717, 1.165) is 0 Å². The lowest BCUT2D eigenvalue weighted by molar-refractivity contribution is -0.137. The van der Waals surface area contributed by atoms with Gasteiger partial charge in [0.25, 0.3) is 5.91 Å². The summed E-state index contributed by atoms with van der Waals surface area (Å²) in [5, 5.41) is 8.18. The molecule has 16 heteroatoms. The van der Waals surface area contributed by atoms with Crippen LogP contribution in [0.3, 0.4) is 0 Å². The van der Waals surface area contributed by atoms with Crippen LogP contribution in [-0.2, 0) is 28.3 Å². The predicted molar refractivity (Wildman–Crippen MR) is 140 cm³/mol. The fourth-order valence-corrected chi connectivity index (χ4v) is 4.01. The minimum Gasteiger partial charge on any atom is -0.495 e. The number of pyridine rings is 1. The van der Waals surface area contributed by atoms with Crippen LogP contribution in [0.4, 0.5) is 30.4 Å². The zero-order chi connectivity index (χ0) is 28.7. The third-order valence-electron chi connectivity index (χ3n) is 5.20. The average molecular weight is 632 g/mol. The topological polar surface area (TPSA) is 148 Å². The molecule has 0 aliphatic rings. The summed E-state index contributed by atoms with van der Waals surface area (Å²) in [6, 6.07) is 7.51. The summed E-state index contributed by atoms with van der Waals surface area (Å²) >= 11 is 3.15. The van der Waals surface area contributed by atoms with Gasteiger partial charge < -0.3 is 20.7 Å². The molecule has 0 aliphatic heterocycles. The molecule has 39 heavy (non-hydrogen) atoms. The van der Waals surface area contributed by atoms with Gasteiger partial charge in [-0.05, 0) is 52.7 Å². The number of anilines is 3. The Morgan fingerprint density at radius 2 is 1.92 bits per heavy atom. The largest absolute Gasteiger partial charge is 0.695 e. The predicted octanol–water partition coefficient (Wildman–Crippen LogP) is 4.97. The molecule has 0 fully saturated rings. The molecule has 3 rings (SSSR count). The lowest BCUT2D eigenvalue weighted by atomic mass is 10.1. The number of rotatable bonds is 11. The minimum absolute atomic E-state index is 0.0263. The van der Waals surface area contributed by atoms with Crippen molar-refractivity contribution in [3.8, 4) is 5.75 Å². The van der Waals surface area contributed by atoms with Gasteiger partial charge in [-0.3, -0.25) is 4.79 Å². The van der Waals surface area contributed by atoms with Gasteiger partial charge in [-0.15, -0.1) is 9.42 Å². The molecule has 0 saturated carbocycles. The van der Waals surface area contributed by atoms with E-state index in [4.69, 9.17) is 14.2 Å². The van der Waals surface area contributed by atoms with Crippen LogP contribution >= 0.6 is 24.2 Å². The van der Waals surface area contributed by atoms with E-state index in [9.17, 15) is 22.5 Å². The molecule has 3 aromatic rings. The zero-order valence-electron chi connectivity index (χ0n) is 20.8. The first kappa shape index (κ1) is 30.2. The van der Waals surface area contributed by atoms with Crippen molar-refractivity contribution < 1.29 is 36.7 Å². The van der Waals surface area contributed by atoms with Gasteiger partial charge in [-0.1, -0.05) is 6.07 Å². The van der Waals surface area contributed by atoms with Crippen LogP contribution in [0.1, 0.15) is 34.4 Å². The highest BCUT2D eigenvalue weighted by atomic mass is 79.9. The lowest BCUT2D eigenvalue weighted by Crippen LogP contribution is -2.22. The van der Waals surface area contributed by atoms with Gasteiger partial charge in [-0.2, -0.15) is 13.2 Å². The Hall–Kier alpha value is -3.39. The summed E-state index contributed by atoms with van der Waals surface area (Å²) in [4.78, 5) is 33.1. The van der Waals surface area contributed by atoms with Crippen molar-refractivity contribution in [2.45, 2.75) is 32.2 Å². The maximum Gasteiger partial charge on any atom is 0.695 e. The maximum atomic E-state index is 13.7. The summed E-state index contributed by atoms with van der Waals surface area (Å²) in [6.07, 6.45) is -3.94. The van der Waals surface area contributed by atoms with Crippen LogP contribution in [0.5, 0.6) is 5.75 Å². The van der Waals surface area contributed by atoms with Crippen molar-refractivity contribution in [3.05, 3.63) is 63.8 Å². The molecule has 0 bridgehead atoms. The molecule has 2 unspecified atom stereocenters. The van der Waals surface area contributed by atoms with Crippen LogP contribution in [-0.4, -0.2) is 46.0 Å². The minimum atomic E-state index is -4.76. The molecule has 0 aliphatic carbocycles. The van der Waals surface area contributed by atoms with Crippen LogP contribution in [0.25, 0.3) is 0 Å². The smallest absolute Gasteiger partial charge is 0.495 e. The van der Waals surface area contributed by atoms with E-state index in [1.54, 1.807) is 25.1 Å². The molecular formula is C23H24BrF3N6O5P+. The van der Waals surface area contributed by atoms with E-state index in [-0.39, 0.29) is 36.3 Å². The molecule has 208 valence electrons. The number of ether oxygens (including phenoxy) is 1. The number of carbonyl (C=O) groups is 1. The molecule has 2 atom stereocenters. The van der Waals surface area contributed by atoms with E-state index in [1.165, 1.54) is 26.3 Å². The lowest BCUT2D eigenvalue weighted by Gasteiger charge is -2.19. The van der Waals surface area contributed by atoms with Gasteiger partial charge in [0.2, 0.25) is 0 Å². The molecular weight excluding hydrogens is 608 g/mol. The molecule has 2 heterocycles. The van der Waals surface area contributed by atoms with Gasteiger partial charge in [0, 0.05) is 30.3 Å². The first-order valence-corrected chi connectivity index (χ1v) is 13.1. The number of nitrogens with zero attached hydrogens (tertiary/aromatic N) is 3. The molecule has 1 amide bonds. The molecule has 4 N–H and O–H groups in total. The number of hydrogen-bond donors (Lipinski definition) is 4. The highest BCUT2D eigenvalue weighted by Gasteiger charge is 2.36. The summed E-state index contributed by atoms with van der Waals surface area (Å²) in [5.74, 6) is -0.599. The number of methoxy groups -OCH3 is 1. The number of amides is 1. The van der Waals surface area contributed by atoms with Gasteiger partial charge >= 0.3 is 14.4 Å².